The van der Waals surface area contributed by atoms with Crippen molar-refractivity contribution < 1.29 is 0 Å². The van der Waals surface area contributed by atoms with E-state index >= 15 is 0 Å². The molecule has 0 N–H and O–H groups in total. The summed E-state index contributed by atoms with van der Waals surface area (Å²) in [5.41, 5.74) is 3.53. The number of rotatable bonds is 3. The van der Waals surface area contributed by atoms with Crippen molar-refractivity contribution in [2.45, 2.75) is 26.2 Å². The van der Waals surface area contributed by atoms with Crippen LogP contribution in [0.4, 0.5) is 0 Å². The molecule has 3 fully saturated rings. The molecule has 0 saturated heterocycles. The minimum Gasteiger partial charge on any atom is -0.103 e. The molecule has 0 nitrogen and oxygen atoms in total. The molecule has 0 aromatic heterocycles. The molecular formula is C13H16. The van der Waals surface area contributed by atoms with Gasteiger partial charge in [0.1, 0.15) is 0 Å². The second kappa shape index (κ2) is 1.55. The quantitative estimate of drug-likeness (QED) is 0.574. The van der Waals surface area contributed by atoms with Gasteiger partial charge in [-0.15, -0.1) is 6.58 Å². The Morgan fingerprint density at radius 1 is 1.77 bits per heavy atom. The van der Waals surface area contributed by atoms with Gasteiger partial charge in [0.15, 0.2) is 0 Å². The van der Waals surface area contributed by atoms with Crippen LogP contribution in [0.5, 0.6) is 0 Å². The fourth-order valence-corrected chi connectivity index (χ4v) is 4.33. The lowest BCUT2D eigenvalue weighted by atomic mass is 10.0. The van der Waals surface area contributed by atoms with Crippen LogP contribution >= 0.6 is 0 Å². The highest BCUT2D eigenvalue weighted by molar-refractivity contribution is 5.62. The van der Waals surface area contributed by atoms with Gasteiger partial charge in [0.2, 0.25) is 0 Å². The van der Waals surface area contributed by atoms with E-state index in [0.29, 0.717) is 0 Å². The molecule has 5 atom stereocenters. The Morgan fingerprint density at radius 2 is 2.62 bits per heavy atom. The first-order valence-corrected chi connectivity index (χ1v) is 5.59. The molecule has 0 amide bonds. The summed E-state index contributed by atoms with van der Waals surface area (Å²) >= 11 is 0. The van der Waals surface area contributed by atoms with Crippen molar-refractivity contribution in [2.75, 3.05) is 0 Å². The summed E-state index contributed by atoms with van der Waals surface area (Å²) in [6.45, 7) is 6.18. The fraction of sp³-hybridized carbons (Fsp3) is 0.692. The lowest BCUT2D eigenvalue weighted by molar-refractivity contribution is 0.517. The van der Waals surface area contributed by atoms with Crippen molar-refractivity contribution in [1.29, 1.82) is 0 Å². The van der Waals surface area contributed by atoms with Gasteiger partial charge in [0.25, 0.3) is 0 Å². The molecule has 4 aliphatic carbocycles. The predicted molar refractivity (Wildman–Crippen MR) is 53.1 cm³/mol. The number of hydrogen-bond donors (Lipinski definition) is 0. The summed E-state index contributed by atoms with van der Waals surface area (Å²) < 4.78 is 0. The summed E-state index contributed by atoms with van der Waals surface area (Å²) in [6.07, 6.45) is 9.21. The van der Waals surface area contributed by atoms with Crippen LogP contribution in [0.25, 0.3) is 0 Å². The maximum Gasteiger partial charge on any atom is 0.00492 e. The minimum atomic E-state index is 0.723. The molecule has 3 unspecified atom stereocenters. The lowest BCUT2D eigenvalue weighted by Crippen LogP contribution is -1.94. The molecular weight excluding hydrogens is 156 g/mol. The van der Waals surface area contributed by atoms with E-state index in [2.05, 4.69) is 25.7 Å². The highest BCUT2D eigenvalue weighted by Crippen LogP contribution is 3.00. The summed E-state index contributed by atoms with van der Waals surface area (Å²) in [6, 6.07) is 0. The van der Waals surface area contributed by atoms with Crippen LogP contribution in [-0.4, -0.2) is 0 Å². The Labute approximate surface area is 79.7 Å². The monoisotopic (exact) mass is 172 g/mol. The number of allylic oxidation sites excluding steroid dienone is 3. The second-order valence-electron chi connectivity index (χ2n) is 5.74. The highest BCUT2D eigenvalue weighted by Gasteiger charge is 2.93. The van der Waals surface area contributed by atoms with Crippen LogP contribution in [0.15, 0.2) is 24.3 Å². The summed E-state index contributed by atoms with van der Waals surface area (Å²) in [5.74, 6) is 2.75. The van der Waals surface area contributed by atoms with Crippen LogP contribution in [0.1, 0.15) is 26.2 Å². The SMILES string of the molecule is C=CC(C)CC1C2=CC3C[C@]34C[C@@]214. The molecule has 2 spiro atoms. The van der Waals surface area contributed by atoms with E-state index in [1.54, 1.807) is 6.42 Å². The Balaban J connectivity index is 1.59. The van der Waals surface area contributed by atoms with Gasteiger partial charge in [-0.2, -0.15) is 0 Å². The average molecular weight is 172 g/mol. The Kier molecular flexibility index (Phi) is 0.821. The van der Waals surface area contributed by atoms with E-state index in [0.717, 1.165) is 28.6 Å². The van der Waals surface area contributed by atoms with E-state index in [9.17, 15) is 0 Å². The molecule has 0 heteroatoms. The van der Waals surface area contributed by atoms with Gasteiger partial charge in [0.05, 0.1) is 0 Å². The maximum absolute atomic E-state index is 3.88. The minimum absolute atomic E-state index is 0.723. The lowest BCUT2D eigenvalue weighted by Gasteiger charge is -2.03. The maximum atomic E-state index is 3.88. The molecule has 0 heterocycles. The largest absolute Gasteiger partial charge is 0.103 e. The third-order valence-corrected chi connectivity index (χ3v) is 5.28. The first-order valence-electron chi connectivity index (χ1n) is 5.59. The van der Waals surface area contributed by atoms with Gasteiger partial charge in [-0.05, 0) is 42.4 Å². The zero-order valence-electron chi connectivity index (χ0n) is 8.22. The van der Waals surface area contributed by atoms with Gasteiger partial charge in [-0.1, -0.05) is 24.6 Å². The van der Waals surface area contributed by atoms with Crippen molar-refractivity contribution in [3.63, 3.8) is 0 Å². The predicted octanol–water partition coefficient (Wildman–Crippen LogP) is 3.16. The van der Waals surface area contributed by atoms with E-state index < -0.39 is 0 Å². The average Bonchev–Trinajstić information content (AvgIpc) is 3.02. The van der Waals surface area contributed by atoms with Crippen LogP contribution in [-0.2, 0) is 0 Å². The normalized spacial score (nSPS) is 59.9. The van der Waals surface area contributed by atoms with Crippen molar-refractivity contribution in [3.8, 4) is 0 Å². The molecule has 68 valence electrons. The Hall–Kier alpha value is -0.520. The highest BCUT2D eigenvalue weighted by atomic mass is 15.0. The first kappa shape index (κ1) is 6.86. The van der Waals surface area contributed by atoms with E-state index in [1.807, 2.05) is 5.57 Å². The second-order valence-corrected chi connectivity index (χ2v) is 5.74. The molecule has 0 aromatic carbocycles. The van der Waals surface area contributed by atoms with Crippen LogP contribution in [0, 0.1) is 28.6 Å². The topological polar surface area (TPSA) is 0 Å². The van der Waals surface area contributed by atoms with Gasteiger partial charge in [-0.25, -0.2) is 0 Å². The molecule has 13 heavy (non-hydrogen) atoms. The van der Waals surface area contributed by atoms with Crippen LogP contribution in [0.3, 0.4) is 0 Å². The van der Waals surface area contributed by atoms with E-state index in [1.165, 1.54) is 12.8 Å². The van der Waals surface area contributed by atoms with Crippen molar-refractivity contribution in [1.82, 2.24) is 0 Å². The molecule has 0 bridgehead atoms. The number of hydrogen-bond acceptors (Lipinski definition) is 0. The Bertz CT molecular complexity index is 351. The third kappa shape index (κ3) is 0.499. The van der Waals surface area contributed by atoms with Gasteiger partial charge in [0, 0.05) is 5.41 Å². The van der Waals surface area contributed by atoms with E-state index in [4.69, 9.17) is 0 Å². The van der Waals surface area contributed by atoms with Crippen LogP contribution in [0.2, 0.25) is 0 Å². The summed E-state index contributed by atoms with van der Waals surface area (Å²) in [4.78, 5) is 0. The summed E-state index contributed by atoms with van der Waals surface area (Å²) in [7, 11) is 0. The molecule has 0 aromatic rings. The van der Waals surface area contributed by atoms with Gasteiger partial charge < -0.3 is 0 Å². The standard InChI is InChI=1S/C13H16/c1-3-8(2)4-10-11-5-9-6-12(9)7-13(10,11)12/h3,5,8-10H,1,4,6-7H2,2H3/t8?,9?,10?,12-,13-/m0/s1. The van der Waals surface area contributed by atoms with E-state index in [-0.39, 0.29) is 0 Å². The smallest absolute Gasteiger partial charge is 0.00492 e. The Morgan fingerprint density at radius 3 is 3.15 bits per heavy atom. The summed E-state index contributed by atoms with van der Waals surface area (Å²) in [5, 5.41) is 0. The molecule has 4 aliphatic rings. The van der Waals surface area contributed by atoms with Crippen molar-refractivity contribution in [2.24, 2.45) is 28.6 Å². The molecule has 3 saturated carbocycles. The molecule has 0 radical (unpaired) electrons. The molecule has 4 rings (SSSR count). The fourth-order valence-electron chi connectivity index (χ4n) is 4.33. The van der Waals surface area contributed by atoms with Gasteiger partial charge in [-0.3, -0.25) is 0 Å². The molecule has 0 aliphatic heterocycles. The zero-order valence-corrected chi connectivity index (χ0v) is 8.22. The zero-order chi connectivity index (χ0) is 8.84. The van der Waals surface area contributed by atoms with Crippen molar-refractivity contribution >= 4 is 0 Å². The van der Waals surface area contributed by atoms with Crippen molar-refractivity contribution in [3.05, 3.63) is 24.3 Å². The van der Waals surface area contributed by atoms with Gasteiger partial charge >= 0.3 is 0 Å². The first-order chi connectivity index (χ1) is 6.24. The third-order valence-electron chi connectivity index (χ3n) is 5.28. The van der Waals surface area contributed by atoms with Crippen LogP contribution < -0.4 is 0 Å².